The minimum Gasteiger partial charge on any atom is -0.467 e. The number of carbonyl (C=O) groups excluding carboxylic acids is 1. The van der Waals surface area contributed by atoms with Crippen molar-refractivity contribution in [2.75, 3.05) is 7.11 Å². The van der Waals surface area contributed by atoms with Gasteiger partial charge < -0.3 is 9.47 Å². The number of epoxide rings is 1. The van der Waals surface area contributed by atoms with Gasteiger partial charge in [0.2, 0.25) is 0 Å². The molecule has 0 aromatic heterocycles. The highest BCUT2D eigenvalue weighted by Gasteiger charge is 2.69. The zero-order valence-electron chi connectivity index (χ0n) is 9.82. The molecule has 1 aromatic rings. The average molecular weight is 220 g/mol. The molecular formula is C13H16O3. The zero-order chi connectivity index (χ0) is 11.8. The van der Waals surface area contributed by atoms with Crippen molar-refractivity contribution < 1.29 is 14.3 Å². The van der Waals surface area contributed by atoms with Crippen molar-refractivity contribution in [1.82, 2.24) is 0 Å². The molecule has 3 heteroatoms. The number of ether oxygens (including phenoxy) is 2. The van der Waals surface area contributed by atoms with Crippen LogP contribution < -0.4 is 0 Å². The van der Waals surface area contributed by atoms with Crippen LogP contribution in [0, 0.1) is 0 Å². The molecule has 2 rings (SSSR count). The molecule has 1 saturated heterocycles. The van der Waals surface area contributed by atoms with Gasteiger partial charge in [0.1, 0.15) is 5.60 Å². The monoisotopic (exact) mass is 220 g/mol. The van der Waals surface area contributed by atoms with Crippen molar-refractivity contribution in [2.24, 2.45) is 0 Å². The predicted octanol–water partition coefficient (Wildman–Crippen LogP) is 1.95. The Morgan fingerprint density at radius 2 is 1.94 bits per heavy atom. The van der Waals surface area contributed by atoms with Crippen LogP contribution >= 0.6 is 0 Å². The molecule has 0 radical (unpaired) electrons. The van der Waals surface area contributed by atoms with E-state index in [1.165, 1.54) is 7.11 Å². The second-order valence-electron chi connectivity index (χ2n) is 4.52. The summed E-state index contributed by atoms with van der Waals surface area (Å²) in [6.07, 6.45) is 0.722. The van der Waals surface area contributed by atoms with E-state index in [9.17, 15) is 4.79 Å². The summed E-state index contributed by atoms with van der Waals surface area (Å²) in [6, 6.07) is 10.0. The predicted molar refractivity (Wildman–Crippen MR) is 60.1 cm³/mol. The van der Waals surface area contributed by atoms with E-state index >= 15 is 0 Å². The Morgan fingerprint density at radius 3 is 2.50 bits per heavy atom. The standard InChI is InChI=1S/C13H16O3/c1-12(9-10-7-5-4-6-8-10)13(2,16-12)11(14)15-3/h4-8H,9H2,1-3H3. The van der Waals surface area contributed by atoms with Crippen LogP contribution in [0.1, 0.15) is 19.4 Å². The Balaban J connectivity index is 2.11. The quantitative estimate of drug-likeness (QED) is 0.577. The lowest BCUT2D eigenvalue weighted by Gasteiger charge is -2.10. The number of esters is 1. The van der Waals surface area contributed by atoms with E-state index in [1.807, 2.05) is 37.3 Å². The number of carbonyl (C=O) groups is 1. The molecule has 0 saturated carbocycles. The number of hydrogen-bond acceptors (Lipinski definition) is 3. The largest absolute Gasteiger partial charge is 0.467 e. The first-order valence-corrected chi connectivity index (χ1v) is 5.34. The van der Waals surface area contributed by atoms with Gasteiger partial charge >= 0.3 is 5.97 Å². The van der Waals surface area contributed by atoms with Gasteiger partial charge in [0, 0.05) is 6.42 Å². The summed E-state index contributed by atoms with van der Waals surface area (Å²) in [7, 11) is 1.39. The summed E-state index contributed by atoms with van der Waals surface area (Å²) >= 11 is 0. The van der Waals surface area contributed by atoms with Gasteiger partial charge in [0.05, 0.1) is 7.11 Å². The van der Waals surface area contributed by atoms with E-state index in [2.05, 4.69) is 0 Å². The van der Waals surface area contributed by atoms with Gasteiger partial charge in [-0.05, 0) is 19.4 Å². The van der Waals surface area contributed by atoms with Gasteiger partial charge in [-0.25, -0.2) is 4.79 Å². The maximum absolute atomic E-state index is 11.6. The minimum absolute atomic E-state index is 0.300. The first-order chi connectivity index (χ1) is 7.52. The van der Waals surface area contributed by atoms with Crippen molar-refractivity contribution in [2.45, 2.75) is 31.5 Å². The summed E-state index contributed by atoms with van der Waals surface area (Å²) in [6.45, 7) is 3.72. The molecule has 16 heavy (non-hydrogen) atoms. The molecule has 2 unspecified atom stereocenters. The zero-order valence-corrected chi connectivity index (χ0v) is 9.82. The number of hydrogen-bond donors (Lipinski definition) is 0. The molecule has 0 amide bonds. The highest BCUT2D eigenvalue weighted by molar-refractivity contribution is 5.84. The molecule has 1 aliphatic heterocycles. The van der Waals surface area contributed by atoms with Crippen LogP contribution in [0.5, 0.6) is 0 Å². The lowest BCUT2D eigenvalue weighted by molar-refractivity contribution is -0.146. The fourth-order valence-electron chi connectivity index (χ4n) is 2.07. The van der Waals surface area contributed by atoms with Gasteiger partial charge in [-0.3, -0.25) is 0 Å². The van der Waals surface area contributed by atoms with Crippen LogP contribution in [0.25, 0.3) is 0 Å². The van der Waals surface area contributed by atoms with Crippen LogP contribution in [0.15, 0.2) is 30.3 Å². The topological polar surface area (TPSA) is 38.8 Å². The van der Waals surface area contributed by atoms with E-state index in [0.29, 0.717) is 0 Å². The second kappa shape index (κ2) is 3.59. The summed E-state index contributed by atoms with van der Waals surface area (Å²) in [5.74, 6) is -0.300. The summed E-state index contributed by atoms with van der Waals surface area (Å²) < 4.78 is 10.3. The van der Waals surface area contributed by atoms with Crippen LogP contribution in [-0.2, 0) is 20.7 Å². The van der Waals surface area contributed by atoms with Crippen LogP contribution in [0.3, 0.4) is 0 Å². The van der Waals surface area contributed by atoms with Crippen molar-refractivity contribution in [3.63, 3.8) is 0 Å². The van der Waals surface area contributed by atoms with E-state index < -0.39 is 11.2 Å². The minimum atomic E-state index is -0.794. The van der Waals surface area contributed by atoms with E-state index in [1.54, 1.807) is 6.92 Å². The van der Waals surface area contributed by atoms with Gasteiger partial charge in [0.15, 0.2) is 5.60 Å². The van der Waals surface area contributed by atoms with Crippen LogP contribution in [0.2, 0.25) is 0 Å². The molecule has 2 atom stereocenters. The molecule has 0 bridgehead atoms. The van der Waals surface area contributed by atoms with Crippen molar-refractivity contribution in [3.8, 4) is 0 Å². The highest BCUT2D eigenvalue weighted by atomic mass is 16.7. The van der Waals surface area contributed by atoms with Crippen molar-refractivity contribution >= 4 is 5.97 Å². The Bertz CT molecular complexity index is 401. The first kappa shape index (κ1) is 11.1. The molecule has 86 valence electrons. The number of benzene rings is 1. The highest BCUT2D eigenvalue weighted by Crippen LogP contribution is 2.50. The van der Waals surface area contributed by atoms with Gasteiger partial charge in [-0.2, -0.15) is 0 Å². The first-order valence-electron chi connectivity index (χ1n) is 5.34. The SMILES string of the molecule is COC(=O)C1(C)OC1(C)Cc1ccccc1. The maximum Gasteiger partial charge on any atom is 0.340 e. The van der Waals surface area contributed by atoms with Crippen LogP contribution in [-0.4, -0.2) is 24.3 Å². The van der Waals surface area contributed by atoms with Gasteiger partial charge in [-0.1, -0.05) is 30.3 Å². The van der Waals surface area contributed by atoms with Crippen LogP contribution in [0.4, 0.5) is 0 Å². The fourth-order valence-corrected chi connectivity index (χ4v) is 2.07. The maximum atomic E-state index is 11.6. The Kier molecular flexibility index (Phi) is 2.50. The Labute approximate surface area is 95.4 Å². The van der Waals surface area contributed by atoms with Crippen molar-refractivity contribution in [3.05, 3.63) is 35.9 Å². The molecule has 1 aliphatic rings. The lowest BCUT2D eigenvalue weighted by Crippen LogP contribution is -2.31. The Morgan fingerprint density at radius 1 is 1.31 bits per heavy atom. The molecule has 0 N–H and O–H groups in total. The van der Waals surface area contributed by atoms with Gasteiger partial charge in [0.25, 0.3) is 0 Å². The van der Waals surface area contributed by atoms with E-state index in [-0.39, 0.29) is 5.97 Å². The van der Waals surface area contributed by atoms with E-state index in [4.69, 9.17) is 9.47 Å². The lowest BCUT2D eigenvalue weighted by atomic mass is 9.90. The normalized spacial score (nSPS) is 32.2. The Hall–Kier alpha value is -1.35. The summed E-state index contributed by atoms with van der Waals surface area (Å²) in [4.78, 5) is 11.6. The molecule has 3 nitrogen and oxygen atoms in total. The van der Waals surface area contributed by atoms with Gasteiger partial charge in [-0.15, -0.1) is 0 Å². The molecule has 0 aliphatic carbocycles. The third kappa shape index (κ3) is 1.61. The number of rotatable bonds is 3. The molecule has 1 aromatic carbocycles. The fraction of sp³-hybridized carbons (Fsp3) is 0.462. The number of methoxy groups -OCH3 is 1. The average Bonchev–Trinajstić information content (AvgIpc) is 2.82. The summed E-state index contributed by atoms with van der Waals surface area (Å²) in [5, 5.41) is 0. The molecule has 1 fully saturated rings. The third-order valence-corrected chi connectivity index (χ3v) is 3.36. The molecular weight excluding hydrogens is 204 g/mol. The third-order valence-electron chi connectivity index (χ3n) is 3.36. The second-order valence-corrected chi connectivity index (χ2v) is 4.52. The smallest absolute Gasteiger partial charge is 0.340 e. The molecule has 1 heterocycles. The van der Waals surface area contributed by atoms with Crippen molar-refractivity contribution in [1.29, 1.82) is 0 Å². The summed E-state index contributed by atoms with van der Waals surface area (Å²) in [5.41, 5.74) is -0.0726. The molecule has 0 spiro atoms. The van der Waals surface area contributed by atoms with E-state index in [0.717, 1.165) is 12.0 Å².